The van der Waals surface area contributed by atoms with E-state index in [2.05, 4.69) is 25.5 Å². The molecule has 1 atom stereocenters. The molecule has 1 unspecified atom stereocenters. The molecular weight excluding hydrogens is 407 g/mol. The van der Waals surface area contributed by atoms with E-state index in [1.807, 2.05) is 41.8 Å². The summed E-state index contributed by atoms with van der Waals surface area (Å²) in [5, 5.41) is 9.57. The molecule has 5 aromatic rings. The average Bonchev–Trinajstić information content (AvgIpc) is 3.49. The number of H-pyrrole nitrogens is 1. The molecule has 0 aliphatic carbocycles. The topological polar surface area (TPSA) is 88.0 Å². The van der Waals surface area contributed by atoms with Gasteiger partial charge in [-0.3, -0.25) is 19.3 Å². The molecule has 32 heavy (non-hydrogen) atoms. The summed E-state index contributed by atoms with van der Waals surface area (Å²) >= 11 is 0. The van der Waals surface area contributed by atoms with Crippen molar-refractivity contribution in [3.63, 3.8) is 0 Å². The molecule has 0 saturated carbocycles. The van der Waals surface area contributed by atoms with Gasteiger partial charge in [0.25, 0.3) is 5.91 Å². The highest BCUT2D eigenvalue weighted by atomic mass is 19.1. The predicted octanol–water partition coefficient (Wildman–Crippen LogP) is 4.42. The lowest BCUT2D eigenvalue weighted by atomic mass is 10.1. The van der Waals surface area contributed by atoms with E-state index in [0.29, 0.717) is 11.3 Å². The number of nitrogens with zero attached hydrogens (tertiary/aromatic N) is 4. The summed E-state index contributed by atoms with van der Waals surface area (Å²) < 4.78 is 16.8. The highest BCUT2D eigenvalue weighted by Gasteiger charge is 2.17. The van der Waals surface area contributed by atoms with Crippen molar-refractivity contribution in [2.75, 3.05) is 0 Å². The van der Waals surface area contributed by atoms with Crippen molar-refractivity contribution in [3.05, 3.63) is 96.6 Å². The Kier molecular flexibility index (Phi) is 4.95. The van der Waals surface area contributed by atoms with Crippen molar-refractivity contribution in [3.8, 4) is 22.4 Å². The molecule has 2 N–H and O–H groups in total. The maximum absolute atomic E-state index is 14.9. The Morgan fingerprint density at radius 1 is 1.06 bits per heavy atom. The molecule has 4 heterocycles. The monoisotopic (exact) mass is 426 g/mol. The molecule has 0 bridgehead atoms. The molecule has 0 spiro atoms. The molecule has 7 nitrogen and oxygen atoms in total. The molecule has 1 amide bonds. The number of pyridine rings is 2. The Morgan fingerprint density at radius 2 is 1.94 bits per heavy atom. The number of aromatic nitrogens is 5. The number of aromatic amines is 1. The van der Waals surface area contributed by atoms with Gasteiger partial charge in [-0.1, -0.05) is 12.1 Å². The van der Waals surface area contributed by atoms with E-state index in [-0.39, 0.29) is 11.6 Å². The van der Waals surface area contributed by atoms with Crippen LogP contribution in [0, 0.1) is 5.82 Å². The van der Waals surface area contributed by atoms with E-state index < -0.39 is 11.7 Å². The van der Waals surface area contributed by atoms with Gasteiger partial charge in [-0.2, -0.15) is 5.10 Å². The second-order valence-electron chi connectivity index (χ2n) is 7.42. The van der Waals surface area contributed by atoms with Crippen molar-refractivity contribution in [1.29, 1.82) is 0 Å². The molecule has 5 rings (SSSR count). The Labute approximate surface area is 183 Å². The molecule has 4 aromatic heterocycles. The smallest absolute Gasteiger partial charge is 0.254 e. The lowest BCUT2D eigenvalue weighted by Crippen LogP contribution is -2.28. The highest BCUT2D eigenvalue weighted by Crippen LogP contribution is 2.26. The summed E-state index contributed by atoms with van der Waals surface area (Å²) in [5.41, 5.74) is 4.64. The zero-order valence-corrected chi connectivity index (χ0v) is 17.2. The van der Waals surface area contributed by atoms with Crippen LogP contribution in [-0.4, -0.2) is 30.5 Å². The van der Waals surface area contributed by atoms with Crippen LogP contribution in [0.2, 0.25) is 0 Å². The van der Waals surface area contributed by atoms with Gasteiger partial charge in [-0.05, 0) is 43.3 Å². The molecule has 8 heteroatoms. The van der Waals surface area contributed by atoms with E-state index >= 15 is 0 Å². The van der Waals surface area contributed by atoms with Gasteiger partial charge in [0, 0.05) is 35.3 Å². The number of amides is 1. The van der Waals surface area contributed by atoms with Gasteiger partial charge >= 0.3 is 0 Å². The van der Waals surface area contributed by atoms with Crippen LogP contribution < -0.4 is 5.32 Å². The summed E-state index contributed by atoms with van der Waals surface area (Å²) in [6, 6.07) is 13.5. The van der Waals surface area contributed by atoms with Crippen LogP contribution in [-0.2, 0) is 0 Å². The molecule has 0 fully saturated rings. The molecule has 0 aliphatic rings. The van der Waals surface area contributed by atoms with E-state index in [4.69, 9.17) is 0 Å². The predicted molar refractivity (Wildman–Crippen MR) is 118 cm³/mol. The molecular formula is C24H19FN6O. The summed E-state index contributed by atoms with van der Waals surface area (Å²) in [4.78, 5) is 21.3. The third-order valence-corrected chi connectivity index (χ3v) is 5.33. The Bertz CT molecular complexity index is 1400. The van der Waals surface area contributed by atoms with E-state index in [1.165, 1.54) is 12.1 Å². The van der Waals surface area contributed by atoms with E-state index in [9.17, 15) is 9.18 Å². The molecule has 1 aromatic carbocycles. The fourth-order valence-corrected chi connectivity index (χ4v) is 3.61. The van der Waals surface area contributed by atoms with Crippen molar-refractivity contribution >= 4 is 11.6 Å². The van der Waals surface area contributed by atoms with Crippen LogP contribution in [0.3, 0.4) is 0 Å². The number of rotatable bonds is 5. The minimum atomic E-state index is -0.603. The van der Waals surface area contributed by atoms with E-state index in [1.54, 1.807) is 36.9 Å². The maximum atomic E-state index is 14.9. The second kappa shape index (κ2) is 8.07. The highest BCUT2D eigenvalue weighted by molar-refractivity contribution is 5.95. The Hall–Kier alpha value is -4.33. The number of carbonyl (C=O) groups excluding carboxylic acids is 1. The third-order valence-electron chi connectivity index (χ3n) is 5.33. The first-order chi connectivity index (χ1) is 15.6. The van der Waals surface area contributed by atoms with Crippen molar-refractivity contribution < 1.29 is 9.18 Å². The first-order valence-electron chi connectivity index (χ1n) is 10.1. The number of carbonyl (C=O) groups is 1. The van der Waals surface area contributed by atoms with Gasteiger partial charge in [0.1, 0.15) is 11.5 Å². The molecule has 0 radical (unpaired) electrons. The summed E-state index contributed by atoms with van der Waals surface area (Å²) in [6.07, 6.45) is 8.80. The second-order valence-corrected chi connectivity index (χ2v) is 7.42. The van der Waals surface area contributed by atoms with Crippen LogP contribution in [0.15, 0.2) is 79.5 Å². The van der Waals surface area contributed by atoms with Gasteiger partial charge in [0.15, 0.2) is 0 Å². The first-order valence-corrected chi connectivity index (χ1v) is 10.1. The number of hydrogen-bond donors (Lipinski definition) is 2. The minimum Gasteiger partial charge on any atom is -0.344 e. The van der Waals surface area contributed by atoms with Gasteiger partial charge in [-0.15, -0.1) is 0 Å². The lowest BCUT2D eigenvalue weighted by Gasteiger charge is -2.14. The zero-order chi connectivity index (χ0) is 22.1. The molecule has 0 saturated heterocycles. The Balaban J connectivity index is 1.43. The quantitative estimate of drug-likeness (QED) is 0.436. The van der Waals surface area contributed by atoms with Crippen molar-refractivity contribution in [2.45, 2.75) is 13.0 Å². The first kappa shape index (κ1) is 19.6. The third kappa shape index (κ3) is 3.62. The van der Waals surface area contributed by atoms with Crippen molar-refractivity contribution in [1.82, 2.24) is 29.9 Å². The summed E-state index contributed by atoms with van der Waals surface area (Å²) in [5.74, 6) is -1.10. The standard InChI is InChI=1S/C24H19FN6O/c1-15(21-4-2-3-9-26-21)30-24(32)19-7-5-16(10-20(19)25)22-13-27-23-8-6-17(14-31(22)23)18-11-28-29-12-18/h2-15H,1H3,(H,28,29)(H,30,32). The summed E-state index contributed by atoms with van der Waals surface area (Å²) in [6.45, 7) is 1.81. The average molecular weight is 426 g/mol. The normalized spacial score (nSPS) is 12.1. The van der Waals surface area contributed by atoms with Crippen LogP contribution in [0.4, 0.5) is 4.39 Å². The lowest BCUT2D eigenvalue weighted by molar-refractivity contribution is 0.0935. The molecule has 0 aliphatic heterocycles. The fraction of sp³-hybridized carbons (Fsp3) is 0.0833. The molecule has 158 valence electrons. The fourth-order valence-electron chi connectivity index (χ4n) is 3.61. The SMILES string of the molecule is CC(NC(=O)c1ccc(-c2cnc3ccc(-c4cn[nH]c4)cn23)cc1F)c1ccccn1. The number of fused-ring (bicyclic) bond motifs is 1. The number of nitrogens with one attached hydrogen (secondary N) is 2. The van der Waals surface area contributed by atoms with Gasteiger partial charge in [0.05, 0.1) is 35.4 Å². The van der Waals surface area contributed by atoms with Crippen LogP contribution >= 0.6 is 0 Å². The van der Waals surface area contributed by atoms with Gasteiger partial charge in [0.2, 0.25) is 0 Å². The number of benzene rings is 1. The van der Waals surface area contributed by atoms with Crippen LogP contribution in [0.25, 0.3) is 28.0 Å². The maximum Gasteiger partial charge on any atom is 0.254 e. The largest absolute Gasteiger partial charge is 0.344 e. The number of halogens is 1. The zero-order valence-electron chi connectivity index (χ0n) is 17.2. The number of hydrogen-bond acceptors (Lipinski definition) is 4. The van der Waals surface area contributed by atoms with Crippen molar-refractivity contribution in [2.24, 2.45) is 0 Å². The van der Waals surface area contributed by atoms with E-state index in [0.717, 1.165) is 22.5 Å². The van der Waals surface area contributed by atoms with Crippen LogP contribution in [0.5, 0.6) is 0 Å². The van der Waals surface area contributed by atoms with Crippen LogP contribution in [0.1, 0.15) is 29.0 Å². The van der Waals surface area contributed by atoms with Gasteiger partial charge < -0.3 is 5.32 Å². The number of imidazole rings is 1. The van der Waals surface area contributed by atoms with Gasteiger partial charge in [-0.25, -0.2) is 9.37 Å². The summed E-state index contributed by atoms with van der Waals surface area (Å²) in [7, 11) is 0. The Morgan fingerprint density at radius 3 is 2.69 bits per heavy atom. The minimum absolute atomic E-state index is 0.0237.